The highest BCUT2D eigenvalue weighted by Gasteiger charge is 2.29. The second-order valence-corrected chi connectivity index (χ2v) is 11.9. The Hall–Kier alpha value is -4.44. The van der Waals surface area contributed by atoms with Crippen molar-refractivity contribution in [2.24, 2.45) is 28.1 Å². The summed E-state index contributed by atoms with van der Waals surface area (Å²) in [5.74, 6) is -3.35. The normalized spacial score (nSPS) is 14.2. The number of nitrogens with one attached hydrogen (secondary N) is 4. The molecule has 1 aromatic rings. The van der Waals surface area contributed by atoms with Crippen LogP contribution in [0.1, 0.15) is 71.3 Å². The van der Waals surface area contributed by atoms with Crippen molar-refractivity contribution in [1.82, 2.24) is 21.3 Å². The minimum Gasteiger partial charge on any atom is -0.508 e. The largest absolute Gasteiger partial charge is 0.508 e. The number of aliphatic carboxylic acids is 1. The van der Waals surface area contributed by atoms with Crippen LogP contribution in [-0.4, -0.2) is 94.2 Å². The quantitative estimate of drug-likeness (QED) is 0.0406. The van der Waals surface area contributed by atoms with Gasteiger partial charge in [-0.15, -0.1) is 0 Å². The number of hydrogen-bond acceptors (Lipinski definition) is 9. The molecule has 1 rings (SSSR count). The summed E-state index contributed by atoms with van der Waals surface area (Å²) < 4.78 is 0. The van der Waals surface area contributed by atoms with Crippen molar-refractivity contribution in [1.29, 1.82) is 0 Å². The molecule has 16 heteroatoms. The molecule has 5 atom stereocenters. The fraction of sp³-hybridized carbons (Fsp3) is 0.613. The third-order valence-electron chi connectivity index (χ3n) is 7.10. The van der Waals surface area contributed by atoms with Crippen LogP contribution < -0.4 is 38.5 Å². The lowest BCUT2D eigenvalue weighted by Gasteiger charge is -2.25. The number of aromatic hydroxyl groups is 1. The number of aliphatic hydroxyl groups is 1. The van der Waals surface area contributed by atoms with Crippen LogP contribution >= 0.6 is 0 Å². The van der Waals surface area contributed by atoms with E-state index in [-0.39, 0.29) is 43.4 Å². The monoisotopic (exact) mass is 664 g/mol. The number of carboxylic acid groups (broad SMARTS) is 1. The first-order valence-corrected chi connectivity index (χ1v) is 15.8. The van der Waals surface area contributed by atoms with Crippen LogP contribution in [0.25, 0.3) is 0 Å². The van der Waals surface area contributed by atoms with Crippen molar-refractivity contribution in [3.63, 3.8) is 0 Å². The number of guanidine groups is 1. The van der Waals surface area contributed by atoms with E-state index in [1.807, 2.05) is 13.8 Å². The minimum atomic E-state index is -1.39. The van der Waals surface area contributed by atoms with Gasteiger partial charge in [-0.05, 0) is 62.6 Å². The van der Waals surface area contributed by atoms with E-state index in [1.54, 1.807) is 12.1 Å². The Morgan fingerprint density at radius 2 is 1.49 bits per heavy atom. The van der Waals surface area contributed by atoms with E-state index in [4.69, 9.17) is 22.3 Å². The van der Waals surface area contributed by atoms with Gasteiger partial charge in [0.25, 0.3) is 0 Å². The SMILES string of the molecule is CC(C)C[C@H](NC(=O)[C@H](Cc1ccc(O)cc1)NC(=O)[C@@H](N)CCCN=C(N)N)C(=O)NCCCCCC(=O)N[C@H](C(=O)O)[C@@H](C)O. The maximum atomic E-state index is 13.5. The number of carboxylic acids is 1. The fourth-order valence-corrected chi connectivity index (χ4v) is 4.54. The zero-order chi connectivity index (χ0) is 35.5. The molecule has 4 amide bonds. The van der Waals surface area contributed by atoms with Gasteiger partial charge in [0.2, 0.25) is 23.6 Å². The van der Waals surface area contributed by atoms with Gasteiger partial charge < -0.3 is 53.8 Å². The van der Waals surface area contributed by atoms with Crippen LogP contribution in [0.5, 0.6) is 5.75 Å². The van der Waals surface area contributed by atoms with E-state index in [1.165, 1.54) is 19.1 Å². The number of phenols is 1. The highest BCUT2D eigenvalue weighted by molar-refractivity contribution is 5.93. The fourth-order valence-electron chi connectivity index (χ4n) is 4.54. The van der Waals surface area contributed by atoms with E-state index in [2.05, 4.69) is 26.3 Å². The molecule has 0 bridgehead atoms. The van der Waals surface area contributed by atoms with Gasteiger partial charge in [-0.2, -0.15) is 0 Å². The van der Waals surface area contributed by atoms with Crippen molar-refractivity contribution in [3.05, 3.63) is 29.8 Å². The third-order valence-corrected chi connectivity index (χ3v) is 7.10. The van der Waals surface area contributed by atoms with Gasteiger partial charge in [-0.1, -0.05) is 32.4 Å². The van der Waals surface area contributed by atoms with Crippen molar-refractivity contribution in [3.8, 4) is 5.75 Å². The van der Waals surface area contributed by atoms with Gasteiger partial charge in [0.05, 0.1) is 12.1 Å². The Kier molecular flexibility index (Phi) is 18.5. The first-order chi connectivity index (χ1) is 22.1. The van der Waals surface area contributed by atoms with Crippen LogP contribution in [0, 0.1) is 5.92 Å². The van der Waals surface area contributed by atoms with Crippen LogP contribution in [0.2, 0.25) is 0 Å². The Balaban J connectivity index is 2.79. The summed E-state index contributed by atoms with van der Waals surface area (Å²) in [5, 5.41) is 38.8. The van der Waals surface area contributed by atoms with Gasteiger partial charge >= 0.3 is 5.97 Å². The molecular formula is C31H52N8O8. The van der Waals surface area contributed by atoms with Crippen LogP contribution in [0.15, 0.2) is 29.3 Å². The number of phenolic OH excluding ortho intramolecular Hbond substituents is 1. The minimum absolute atomic E-state index is 0.0432. The smallest absolute Gasteiger partial charge is 0.328 e. The highest BCUT2D eigenvalue weighted by atomic mass is 16.4. The van der Waals surface area contributed by atoms with Crippen LogP contribution in [0.3, 0.4) is 0 Å². The number of nitrogens with two attached hydrogens (primary N) is 3. The molecule has 0 saturated carbocycles. The Bertz CT molecular complexity index is 1190. The molecule has 0 unspecified atom stereocenters. The molecule has 0 aliphatic heterocycles. The predicted octanol–water partition coefficient (Wildman–Crippen LogP) is -1.04. The summed E-state index contributed by atoms with van der Waals surface area (Å²) in [7, 11) is 0. The molecule has 0 aliphatic rings. The molecule has 47 heavy (non-hydrogen) atoms. The second-order valence-electron chi connectivity index (χ2n) is 11.9. The average molecular weight is 665 g/mol. The topological polar surface area (TPSA) is 285 Å². The zero-order valence-electron chi connectivity index (χ0n) is 27.4. The molecule has 264 valence electrons. The van der Waals surface area contributed by atoms with Gasteiger partial charge in [0.1, 0.15) is 17.8 Å². The number of hydrogen-bond donors (Lipinski definition) is 10. The average Bonchev–Trinajstić information content (AvgIpc) is 2.99. The van der Waals surface area contributed by atoms with Crippen molar-refractivity contribution >= 4 is 35.6 Å². The first kappa shape index (κ1) is 40.6. The van der Waals surface area contributed by atoms with Gasteiger partial charge in [0.15, 0.2) is 12.0 Å². The molecular weight excluding hydrogens is 612 g/mol. The Labute approximate surface area is 275 Å². The van der Waals surface area contributed by atoms with Gasteiger partial charge in [0, 0.05) is 25.9 Å². The molecule has 13 N–H and O–H groups in total. The Morgan fingerprint density at radius 1 is 0.851 bits per heavy atom. The van der Waals surface area contributed by atoms with E-state index in [0.29, 0.717) is 44.2 Å². The summed E-state index contributed by atoms with van der Waals surface area (Å²) in [5.41, 5.74) is 17.4. The third kappa shape index (κ3) is 17.2. The zero-order valence-corrected chi connectivity index (χ0v) is 27.4. The van der Waals surface area contributed by atoms with E-state index < -0.39 is 59.9 Å². The van der Waals surface area contributed by atoms with Crippen LogP contribution in [-0.2, 0) is 30.4 Å². The molecule has 0 aromatic heterocycles. The van der Waals surface area contributed by atoms with E-state index >= 15 is 0 Å². The molecule has 1 aromatic carbocycles. The number of benzene rings is 1. The van der Waals surface area contributed by atoms with Gasteiger partial charge in [-0.25, -0.2) is 4.79 Å². The van der Waals surface area contributed by atoms with Crippen molar-refractivity contribution < 1.29 is 39.3 Å². The maximum Gasteiger partial charge on any atom is 0.328 e. The number of unbranched alkanes of at least 4 members (excludes halogenated alkanes) is 2. The summed E-state index contributed by atoms with van der Waals surface area (Å²) >= 11 is 0. The highest BCUT2D eigenvalue weighted by Crippen LogP contribution is 2.13. The van der Waals surface area contributed by atoms with Crippen molar-refractivity contribution in [2.75, 3.05) is 13.1 Å². The van der Waals surface area contributed by atoms with Crippen molar-refractivity contribution in [2.45, 2.75) is 102 Å². The molecule has 0 heterocycles. The Morgan fingerprint density at radius 3 is 2.06 bits per heavy atom. The summed E-state index contributed by atoms with van der Waals surface area (Å²) in [4.78, 5) is 66.6. The molecule has 0 radical (unpaired) electrons. The van der Waals surface area contributed by atoms with Crippen LogP contribution in [0.4, 0.5) is 0 Å². The molecule has 0 spiro atoms. The first-order valence-electron chi connectivity index (χ1n) is 15.8. The lowest BCUT2D eigenvalue weighted by Crippen LogP contribution is -2.56. The standard InChI is InChI=1S/C31H52N8O8/c1-18(2)16-23(28(44)35-14-6-4-5-9-25(42)39-26(19(3)40)30(46)47)38-29(45)24(17-20-10-12-21(41)13-11-20)37-27(43)22(32)8-7-15-36-31(33)34/h10-13,18-19,22-24,26,40-41H,4-9,14-17,32H2,1-3H3,(H,35,44)(H,37,43)(H,38,45)(H,39,42)(H,46,47)(H4,33,34,36)/t19-,22+,23+,24+,26+/m1/s1. The number of nitrogens with zero attached hydrogens (tertiary/aromatic N) is 1. The number of carbonyl (C=O) groups excluding carboxylic acids is 4. The van der Waals surface area contributed by atoms with E-state index in [9.17, 15) is 34.2 Å². The van der Waals surface area contributed by atoms with Gasteiger partial charge in [-0.3, -0.25) is 24.2 Å². The lowest BCUT2D eigenvalue weighted by atomic mass is 10.0. The lowest BCUT2D eigenvalue weighted by molar-refractivity contribution is -0.144. The number of carbonyl (C=O) groups is 5. The molecule has 0 saturated heterocycles. The number of amides is 4. The number of rotatable bonds is 22. The molecule has 0 aliphatic carbocycles. The van der Waals surface area contributed by atoms with E-state index in [0.717, 1.165) is 0 Å². The summed E-state index contributed by atoms with van der Waals surface area (Å²) in [6, 6.07) is 1.89. The predicted molar refractivity (Wildman–Crippen MR) is 176 cm³/mol. The second kappa shape index (κ2) is 21.4. The summed E-state index contributed by atoms with van der Waals surface area (Å²) in [6.45, 7) is 5.65. The summed E-state index contributed by atoms with van der Waals surface area (Å²) in [6.07, 6.45) is 1.47. The number of aliphatic hydroxyl groups excluding tert-OH is 1. The molecule has 16 nitrogen and oxygen atoms in total. The molecule has 0 fully saturated rings. The maximum absolute atomic E-state index is 13.5. The number of aliphatic imine (C=N–C) groups is 1.